The van der Waals surface area contributed by atoms with Crippen molar-refractivity contribution in [2.75, 3.05) is 0 Å². The number of rotatable bonds is 0. The molecule has 1 aliphatic carbocycles. The highest BCUT2D eigenvalue weighted by Gasteiger charge is 2.36. The summed E-state index contributed by atoms with van der Waals surface area (Å²) in [7, 11) is 0. The van der Waals surface area contributed by atoms with Crippen LogP contribution in [0.2, 0.25) is 0 Å². The number of fused-ring (bicyclic) bond motifs is 2. The van der Waals surface area contributed by atoms with Crippen molar-refractivity contribution in [2.24, 2.45) is 0 Å². The maximum absolute atomic E-state index is 12.5. The second-order valence-corrected chi connectivity index (χ2v) is 4.86. The molecule has 0 saturated heterocycles. The number of carbonyl (C=O) groups excluding carboxylic acids is 2. The van der Waals surface area contributed by atoms with E-state index in [1.807, 2.05) is 0 Å². The van der Waals surface area contributed by atoms with Crippen molar-refractivity contribution in [3.63, 3.8) is 0 Å². The molecule has 6 heteroatoms. The first-order chi connectivity index (χ1) is 9.82. The topological polar surface area (TPSA) is 115 Å². The van der Waals surface area contributed by atoms with E-state index in [2.05, 4.69) is 0 Å². The van der Waals surface area contributed by atoms with Gasteiger partial charge in [0.25, 0.3) is 0 Å². The van der Waals surface area contributed by atoms with Gasteiger partial charge in [0.1, 0.15) is 11.5 Å². The number of phenols is 4. The minimum absolute atomic E-state index is 0.0659. The fourth-order valence-electron chi connectivity index (χ4n) is 2.59. The zero-order valence-electron chi connectivity index (χ0n) is 10.8. The Hall–Kier alpha value is -3.02. The maximum atomic E-state index is 12.5. The zero-order valence-corrected chi connectivity index (χ0v) is 10.8. The largest absolute Gasteiger partial charge is 0.508 e. The lowest BCUT2D eigenvalue weighted by molar-refractivity contribution is 0.0973. The molecule has 0 radical (unpaired) electrons. The van der Waals surface area contributed by atoms with E-state index in [0.29, 0.717) is 5.56 Å². The molecule has 2 aromatic carbocycles. The molecule has 0 saturated carbocycles. The van der Waals surface area contributed by atoms with E-state index >= 15 is 0 Å². The van der Waals surface area contributed by atoms with E-state index in [0.717, 1.165) is 12.1 Å². The quantitative estimate of drug-likeness (QED) is 0.466. The minimum atomic E-state index is -0.748. The number of hydrogen-bond donors (Lipinski definition) is 4. The Morgan fingerprint density at radius 3 is 2.10 bits per heavy atom. The fraction of sp³-hybridized carbons (Fsp3) is 0.0667. The lowest BCUT2D eigenvalue weighted by Gasteiger charge is -2.21. The number of hydrogen-bond acceptors (Lipinski definition) is 6. The molecule has 3 rings (SSSR count). The molecule has 0 heterocycles. The summed E-state index contributed by atoms with van der Waals surface area (Å²) in [6.45, 7) is 1.51. The predicted octanol–water partition coefficient (Wildman–Crippen LogP) is 1.59. The molecular weight excluding hydrogens is 276 g/mol. The van der Waals surface area contributed by atoms with Gasteiger partial charge in [0.2, 0.25) is 0 Å². The SMILES string of the molecule is Cc1cc(O)c(O)c2c1C(=O)c1c(O)cc(O)cc1C2=O. The van der Waals surface area contributed by atoms with E-state index in [1.54, 1.807) is 0 Å². The van der Waals surface area contributed by atoms with Gasteiger partial charge in [-0.2, -0.15) is 0 Å². The molecule has 0 unspecified atom stereocenters. The first-order valence-electron chi connectivity index (χ1n) is 6.03. The van der Waals surface area contributed by atoms with Gasteiger partial charge < -0.3 is 20.4 Å². The molecule has 4 N–H and O–H groups in total. The summed E-state index contributed by atoms with van der Waals surface area (Å²) in [6, 6.07) is 3.17. The predicted molar refractivity (Wildman–Crippen MR) is 71.1 cm³/mol. The molecular formula is C15H10O6. The van der Waals surface area contributed by atoms with E-state index in [9.17, 15) is 30.0 Å². The molecule has 0 bridgehead atoms. The number of benzene rings is 2. The van der Waals surface area contributed by atoms with Crippen molar-refractivity contribution in [1.82, 2.24) is 0 Å². The highest BCUT2D eigenvalue weighted by molar-refractivity contribution is 6.31. The van der Waals surface area contributed by atoms with Gasteiger partial charge in [0.05, 0.1) is 11.1 Å². The van der Waals surface area contributed by atoms with Gasteiger partial charge >= 0.3 is 0 Å². The molecule has 0 fully saturated rings. The van der Waals surface area contributed by atoms with E-state index in [1.165, 1.54) is 13.0 Å². The van der Waals surface area contributed by atoms with Crippen LogP contribution in [0.15, 0.2) is 18.2 Å². The second-order valence-electron chi connectivity index (χ2n) is 4.86. The van der Waals surface area contributed by atoms with Crippen molar-refractivity contribution in [1.29, 1.82) is 0 Å². The Balaban J connectivity index is 2.44. The van der Waals surface area contributed by atoms with Crippen LogP contribution < -0.4 is 0 Å². The van der Waals surface area contributed by atoms with Gasteiger partial charge in [-0.25, -0.2) is 0 Å². The number of aryl methyl sites for hydroxylation is 1. The Bertz CT molecular complexity index is 835. The van der Waals surface area contributed by atoms with Crippen LogP contribution in [0.4, 0.5) is 0 Å². The standard InChI is InChI=1S/C15H10O6/c1-5-2-9(18)14(20)12-10(5)15(21)11-7(13(12)19)3-6(16)4-8(11)17/h2-4,16-18,20H,1H3. The summed E-state index contributed by atoms with van der Waals surface area (Å²) >= 11 is 0. The van der Waals surface area contributed by atoms with Crippen molar-refractivity contribution < 1.29 is 30.0 Å². The molecule has 6 nitrogen and oxygen atoms in total. The molecule has 0 amide bonds. The summed E-state index contributed by atoms with van der Waals surface area (Å²) < 4.78 is 0. The third kappa shape index (κ3) is 1.59. The Kier molecular flexibility index (Phi) is 2.47. The third-order valence-electron chi connectivity index (χ3n) is 3.51. The van der Waals surface area contributed by atoms with Crippen LogP contribution in [-0.2, 0) is 0 Å². The maximum Gasteiger partial charge on any atom is 0.198 e. The molecule has 0 atom stereocenters. The van der Waals surface area contributed by atoms with Gasteiger partial charge in [0, 0.05) is 17.2 Å². The lowest BCUT2D eigenvalue weighted by atomic mass is 9.81. The Morgan fingerprint density at radius 2 is 1.43 bits per heavy atom. The molecule has 0 spiro atoms. The second kappa shape index (κ2) is 3.99. The smallest absolute Gasteiger partial charge is 0.198 e. The zero-order chi connectivity index (χ0) is 15.5. The highest BCUT2D eigenvalue weighted by Crippen LogP contribution is 2.42. The first kappa shape index (κ1) is 13.0. The Morgan fingerprint density at radius 1 is 0.762 bits per heavy atom. The summed E-state index contributed by atoms with van der Waals surface area (Å²) in [5, 5.41) is 38.8. The molecule has 0 aromatic heterocycles. The highest BCUT2D eigenvalue weighted by atomic mass is 16.3. The van der Waals surface area contributed by atoms with Crippen LogP contribution in [0.25, 0.3) is 0 Å². The van der Waals surface area contributed by atoms with Gasteiger partial charge in [-0.3, -0.25) is 9.59 Å². The third-order valence-corrected chi connectivity index (χ3v) is 3.51. The summed E-state index contributed by atoms with van der Waals surface area (Å²) in [5.41, 5.74) is -0.528. The van der Waals surface area contributed by atoms with Crippen LogP contribution in [0.1, 0.15) is 37.4 Å². The first-order valence-corrected chi connectivity index (χ1v) is 6.03. The molecule has 1 aliphatic rings. The number of aromatic hydroxyl groups is 4. The van der Waals surface area contributed by atoms with Crippen LogP contribution in [-0.4, -0.2) is 32.0 Å². The van der Waals surface area contributed by atoms with Crippen LogP contribution >= 0.6 is 0 Å². The summed E-state index contributed by atoms with van der Waals surface area (Å²) in [5.74, 6) is -3.50. The van der Waals surface area contributed by atoms with Crippen LogP contribution in [0.3, 0.4) is 0 Å². The number of phenolic OH excluding ortho intramolecular Hbond substituents is 4. The fourth-order valence-corrected chi connectivity index (χ4v) is 2.59. The van der Waals surface area contributed by atoms with Crippen LogP contribution in [0, 0.1) is 6.92 Å². The lowest BCUT2D eigenvalue weighted by Crippen LogP contribution is -2.22. The minimum Gasteiger partial charge on any atom is -0.508 e. The normalized spacial score (nSPS) is 13.0. The van der Waals surface area contributed by atoms with E-state index in [4.69, 9.17) is 0 Å². The van der Waals surface area contributed by atoms with E-state index in [-0.39, 0.29) is 28.0 Å². The molecule has 21 heavy (non-hydrogen) atoms. The van der Waals surface area contributed by atoms with Gasteiger partial charge in [-0.05, 0) is 24.6 Å². The van der Waals surface area contributed by atoms with Gasteiger partial charge in [0.15, 0.2) is 23.1 Å². The molecule has 106 valence electrons. The van der Waals surface area contributed by atoms with Crippen molar-refractivity contribution in [3.05, 3.63) is 46.0 Å². The summed E-state index contributed by atoms with van der Waals surface area (Å²) in [6.07, 6.45) is 0. The van der Waals surface area contributed by atoms with Gasteiger partial charge in [-0.15, -0.1) is 0 Å². The van der Waals surface area contributed by atoms with Crippen molar-refractivity contribution >= 4 is 11.6 Å². The molecule has 0 aliphatic heterocycles. The number of ketones is 2. The van der Waals surface area contributed by atoms with Crippen molar-refractivity contribution in [2.45, 2.75) is 6.92 Å². The number of carbonyl (C=O) groups is 2. The Labute approximate surface area is 118 Å². The van der Waals surface area contributed by atoms with E-state index < -0.39 is 28.8 Å². The average Bonchev–Trinajstić information content (AvgIpc) is 2.39. The van der Waals surface area contributed by atoms with Crippen molar-refractivity contribution in [3.8, 4) is 23.0 Å². The average molecular weight is 286 g/mol. The summed E-state index contributed by atoms with van der Waals surface area (Å²) in [4.78, 5) is 24.9. The van der Waals surface area contributed by atoms with Crippen LogP contribution in [0.5, 0.6) is 23.0 Å². The molecule has 2 aromatic rings. The van der Waals surface area contributed by atoms with Gasteiger partial charge in [-0.1, -0.05) is 0 Å². The monoisotopic (exact) mass is 286 g/mol.